The van der Waals surface area contributed by atoms with Crippen LogP contribution < -0.4 is 4.74 Å². The highest BCUT2D eigenvalue weighted by Gasteiger charge is 2.65. The van der Waals surface area contributed by atoms with Crippen molar-refractivity contribution in [3.8, 4) is 5.75 Å². The standard InChI is InChI=1S/C15H22BrF5OS/c16-12-6-4-2-1-3-5-7-13-22-14-8-10-15(11-9-14)23(17,18,19,20)21/h8-11H,1-7,12-13H2. The first-order valence-corrected chi connectivity index (χ1v) is 10.6. The van der Waals surface area contributed by atoms with Crippen LogP contribution in [0.25, 0.3) is 0 Å². The van der Waals surface area contributed by atoms with Gasteiger partial charge in [-0.25, -0.2) is 0 Å². The molecule has 0 radical (unpaired) electrons. The van der Waals surface area contributed by atoms with Crippen molar-refractivity contribution in [2.24, 2.45) is 0 Å². The van der Waals surface area contributed by atoms with Crippen molar-refractivity contribution >= 4 is 26.2 Å². The van der Waals surface area contributed by atoms with Crippen molar-refractivity contribution in [1.29, 1.82) is 0 Å². The topological polar surface area (TPSA) is 9.23 Å². The van der Waals surface area contributed by atoms with Gasteiger partial charge in [0.2, 0.25) is 0 Å². The zero-order valence-electron chi connectivity index (χ0n) is 12.8. The summed E-state index contributed by atoms with van der Waals surface area (Å²) >= 11 is 3.38. The molecule has 8 heteroatoms. The van der Waals surface area contributed by atoms with Crippen LogP contribution in [0.15, 0.2) is 29.2 Å². The maximum absolute atomic E-state index is 12.5. The largest absolute Gasteiger partial charge is 0.494 e. The number of halogens is 6. The van der Waals surface area contributed by atoms with E-state index in [2.05, 4.69) is 15.9 Å². The SMILES string of the molecule is FS(F)(F)(F)(F)c1ccc(OCCCCCCCCCBr)cc1. The summed E-state index contributed by atoms with van der Waals surface area (Å²) in [7, 11) is -9.58. The van der Waals surface area contributed by atoms with Crippen LogP contribution in [0.4, 0.5) is 19.4 Å². The van der Waals surface area contributed by atoms with E-state index in [0.29, 0.717) is 18.7 Å². The fourth-order valence-corrected chi connectivity index (χ4v) is 3.11. The van der Waals surface area contributed by atoms with Crippen LogP contribution in [-0.4, -0.2) is 11.9 Å². The Morgan fingerprint density at radius 2 is 1.22 bits per heavy atom. The van der Waals surface area contributed by atoms with Crippen molar-refractivity contribution in [2.75, 3.05) is 11.9 Å². The van der Waals surface area contributed by atoms with Crippen LogP contribution in [0.5, 0.6) is 5.75 Å². The van der Waals surface area contributed by atoms with Gasteiger partial charge in [-0.15, -0.1) is 0 Å². The fourth-order valence-electron chi connectivity index (χ4n) is 2.06. The van der Waals surface area contributed by atoms with Gasteiger partial charge in [0.05, 0.1) is 6.61 Å². The molecule has 0 N–H and O–H groups in total. The van der Waals surface area contributed by atoms with Crippen molar-refractivity contribution in [2.45, 2.75) is 49.8 Å². The molecule has 23 heavy (non-hydrogen) atoms. The quantitative estimate of drug-likeness (QED) is 0.199. The molecule has 136 valence electrons. The van der Waals surface area contributed by atoms with Gasteiger partial charge in [0.1, 0.15) is 10.6 Å². The molecule has 0 fully saturated rings. The Balaban J connectivity index is 2.25. The highest BCUT2D eigenvalue weighted by Crippen LogP contribution is 3.02. The number of ether oxygens (including phenoxy) is 1. The Hall–Kier alpha value is -0.500. The van der Waals surface area contributed by atoms with Gasteiger partial charge in [0.25, 0.3) is 0 Å². The molecule has 0 aliphatic carbocycles. The van der Waals surface area contributed by atoms with Crippen molar-refractivity contribution in [1.82, 2.24) is 0 Å². The second kappa shape index (κ2) is 7.59. The molecule has 0 aliphatic heterocycles. The van der Waals surface area contributed by atoms with E-state index in [4.69, 9.17) is 4.74 Å². The zero-order chi connectivity index (χ0) is 17.5. The predicted octanol–water partition coefficient (Wildman–Crippen LogP) is 7.85. The number of benzene rings is 1. The average Bonchev–Trinajstić information content (AvgIpc) is 2.44. The maximum Gasteiger partial charge on any atom is 0.310 e. The lowest BCUT2D eigenvalue weighted by molar-refractivity contribution is 0.304. The first-order valence-electron chi connectivity index (χ1n) is 7.56. The lowest BCUT2D eigenvalue weighted by Crippen LogP contribution is -2.06. The van der Waals surface area contributed by atoms with Crippen LogP contribution in [-0.2, 0) is 0 Å². The zero-order valence-corrected chi connectivity index (χ0v) is 15.2. The van der Waals surface area contributed by atoms with Gasteiger partial charge < -0.3 is 4.74 Å². The first-order chi connectivity index (χ1) is 10.5. The number of alkyl halides is 1. The Morgan fingerprint density at radius 3 is 1.70 bits per heavy atom. The Bertz CT molecular complexity index is 474. The van der Waals surface area contributed by atoms with Gasteiger partial charge in [-0.3, -0.25) is 0 Å². The van der Waals surface area contributed by atoms with Gasteiger partial charge >= 0.3 is 10.2 Å². The summed E-state index contributed by atoms with van der Waals surface area (Å²) in [6.45, 7) is 0.372. The molecule has 1 rings (SSSR count). The third-order valence-electron chi connectivity index (χ3n) is 3.32. The van der Waals surface area contributed by atoms with E-state index in [1.807, 2.05) is 0 Å². The van der Waals surface area contributed by atoms with Crippen LogP contribution in [0.1, 0.15) is 44.9 Å². The molecule has 1 aromatic carbocycles. The Labute approximate surface area is 142 Å². The minimum Gasteiger partial charge on any atom is -0.494 e. The molecule has 0 aromatic heterocycles. The summed E-state index contributed by atoms with van der Waals surface area (Å²) in [6.07, 6.45) is 7.61. The first kappa shape index (κ1) is 20.5. The third kappa shape index (κ3) is 8.79. The van der Waals surface area contributed by atoms with Crippen LogP contribution in [0.2, 0.25) is 0 Å². The molecule has 1 nitrogen and oxygen atoms in total. The molecule has 0 aliphatic rings. The molecule has 0 bridgehead atoms. The molecule has 0 atom stereocenters. The van der Waals surface area contributed by atoms with E-state index in [1.54, 1.807) is 0 Å². The van der Waals surface area contributed by atoms with Crippen molar-refractivity contribution < 1.29 is 24.2 Å². The second-order valence-electron chi connectivity index (χ2n) is 5.45. The lowest BCUT2D eigenvalue weighted by atomic mass is 10.1. The summed E-state index contributed by atoms with van der Waals surface area (Å²) in [4.78, 5) is -1.89. The second-order valence-corrected chi connectivity index (χ2v) is 8.66. The van der Waals surface area contributed by atoms with Gasteiger partial charge in [0, 0.05) is 5.33 Å². The third-order valence-corrected chi connectivity index (χ3v) is 5.04. The summed E-state index contributed by atoms with van der Waals surface area (Å²) < 4.78 is 68.0. The molecular formula is C15H22BrF5OS. The summed E-state index contributed by atoms with van der Waals surface area (Å²) in [5.41, 5.74) is 0. The van der Waals surface area contributed by atoms with E-state index in [-0.39, 0.29) is 5.75 Å². The minimum atomic E-state index is -9.58. The normalized spacial score (nSPS) is 15.0. The molecule has 0 unspecified atom stereocenters. The van der Waals surface area contributed by atoms with Gasteiger partial charge in [-0.1, -0.05) is 67.5 Å². The minimum absolute atomic E-state index is 0.174. The van der Waals surface area contributed by atoms with Gasteiger partial charge in [0.15, 0.2) is 0 Å². The van der Waals surface area contributed by atoms with Crippen LogP contribution in [0.3, 0.4) is 0 Å². The highest BCUT2D eigenvalue weighted by atomic mass is 79.9. The lowest BCUT2D eigenvalue weighted by Gasteiger charge is -2.40. The van der Waals surface area contributed by atoms with Crippen molar-refractivity contribution in [3.63, 3.8) is 0 Å². The molecule has 0 saturated carbocycles. The molecule has 1 aromatic rings. The van der Waals surface area contributed by atoms with Gasteiger partial charge in [-0.2, -0.15) is 0 Å². The molecule has 0 saturated heterocycles. The smallest absolute Gasteiger partial charge is 0.310 e. The van der Waals surface area contributed by atoms with E-state index < -0.39 is 15.1 Å². The van der Waals surface area contributed by atoms with Crippen LogP contribution >= 0.6 is 26.2 Å². The maximum atomic E-state index is 12.5. The van der Waals surface area contributed by atoms with Gasteiger partial charge in [-0.05, 0) is 37.1 Å². The predicted molar refractivity (Wildman–Crippen MR) is 89.4 cm³/mol. The van der Waals surface area contributed by atoms with E-state index in [0.717, 1.165) is 43.1 Å². The molecule has 0 heterocycles. The number of hydrogen-bond donors (Lipinski definition) is 0. The number of unbranched alkanes of at least 4 members (excludes halogenated alkanes) is 6. The summed E-state index contributed by atoms with van der Waals surface area (Å²) in [5.74, 6) is 0.174. The summed E-state index contributed by atoms with van der Waals surface area (Å²) in [6, 6.07) is 2.63. The van der Waals surface area contributed by atoms with E-state index in [1.165, 1.54) is 19.3 Å². The average molecular weight is 425 g/mol. The summed E-state index contributed by atoms with van der Waals surface area (Å²) in [5, 5.41) is 1.03. The molecule has 0 spiro atoms. The number of rotatable bonds is 11. The Kier molecular flexibility index (Phi) is 6.78. The molecule has 0 amide bonds. The Morgan fingerprint density at radius 1 is 0.739 bits per heavy atom. The number of hydrogen-bond acceptors (Lipinski definition) is 1. The van der Waals surface area contributed by atoms with E-state index >= 15 is 0 Å². The highest BCUT2D eigenvalue weighted by molar-refractivity contribution is 9.09. The fraction of sp³-hybridized carbons (Fsp3) is 0.600. The van der Waals surface area contributed by atoms with Crippen molar-refractivity contribution in [3.05, 3.63) is 24.3 Å². The van der Waals surface area contributed by atoms with Crippen LogP contribution in [0, 0.1) is 0 Å². The molecular weight excluding hydrogens is 403 g/mol. The monoisotopic (exact) mass is 424 g/mol. The van der Waals surface area contributed by atoms with E-state index in [9.17, 15) is 19.4 Å².